The number of nitrogens with zero attached hydrogens (tertiary/aromatic N) is 1. The van der Waals surface area contributed by atoms with Gasteiger partial charge in [0.25, 0.3) is 0 Å². The summed E-state index contributed by atoms with van der Waals surface area (Å²) in [7, 11) is 0. The van der Waals surface area contributed by atoms with Gasteiger partial charge in [0, 0.05) is 13.1 Å². The molecule has 1 aromatic rings. The van der Waals surface area contributed by atoms with Gasteiger partial charge < -0.3 is 14.5 Å². The summed E-state index contributed by atoms with van der Waals surface area (Å²) in [6, 6.07) is 0. The molecule has 1 aliphatic rings. The highest BCUT2D eigenvalue weighted by Crippen LogP contribution is 2.25. The molecule has 2 rings (SSSR count). The quantitative estimate of drug-likeness (QED) is 0.698. The third-order valence-electron chi connectivity index (χ3n) is 2.24. The Bertz CT molecular complexity index is 290. The highest BCUT2D eigenvalue weighted by molar-refractivity contribution is 5.02. The van der Waals surface area contributed by atoms with E-state index in [4.69, 9.17) is 9.15 Å². The number of aryl methyl sites for hydroxylation is 1. The number of morpholine rings is 1. The van der Waals surface area contributed by atoms with Crippen molar-refractivity contribution in [3.63, 3.8) is 0 Å². The van der Waals surface area contributed by atoms with E-state index in [1.807, 2.05) is 13.8 Å². The largest absolute Gasteiger partial charge is 0.443 e. The van der Waals surface area contributed by atoms with Gasteiger partial charge in [-0.25, -0.2) is 4.98 Å². The first-order chi connectivity index (χ1) is 6.21. The molecule has 4 nitrogen and oxygen atoms in total. The van der Waals surface area contributed by atoms with E-state index in [9.17, 15) is 0 Å². The Balaban J connectivity index is 2.22. The summed E-state index contributed by atoms with van der Waals surface area (Å²) >= 11 is 0. The fraction of sp³-hybridized carbons (Fsp3) is 0.667. The van der Waals surface area contributed by atoms with Gasteiger partial charge in [0.1, 0.15) is 5.76 Å². The Hall–Kier alpha value is -0.870. The molecule has 13 heavy (non-hydrogen) atoms. The summed E-state index contributed by atoms with van der Waals surface area (Å²) in [6.07, 6.45) is 1.72. The lowest BCUT2D eigenvalue weighted by molar-refractivity contribution is -0.0744. The van der Waals surface area contributed by atoms with Crippen molar-refractivity contribution in [2.24, 2.45) is 0 Å². The molecule has 0 amide bonds. The molecule has 0 aromatic carbocycles. The predicted octanol–water partition coefficient (Wildman–Crippen LogP) is 0.818. The molecule has 0 radical (unpaired) electrons. The van der Waals surface area contributed by atoms with Crippen LogP contribution in [0.1, 0.15) is 18.6 Å². The van der Waals surface area contributed by atoms with E-state index in [1.54, 1.807) is 6.20 Å². The maximum Gasteiger partial charge on any atom is 0.227 e. The van der Waals surface area contributed by atoms with Gasteiger partial charge in [-0.2, -0.15) is 0 Å². The molecular weight excluding hydrogens is 168 g/mol. The number of rotatable bonds is 1. The topological polar surface area (TPSA) is 47.3 Å². The van der Waals surface area contributed by atoms with Crippen LogP contribution >= 0.6 is 0 Å². The van der Waals surface area contributed by atoms with E-state index < -0.39 is 5.60 Å². The van der Waals surface area contributed by atoms with Crippen LogP contribution in [0.15, 0.2) is 10.6 Å². The van der Waals surface area contributed by atoms with Crippen LogP contribution in [0, 0.1) is 6.92 Å². The smallest absolute Gasteiger partial charge is 0.227 e. The second-order valence-electron chi connectivity index (χ2n) is 3.53. The highest BCUT2D eigenvalue weighted by Gasteiger charge is 2.34. The number of aromatic nitrogens is 1. The van der Waals surface area contributed by atoms with Crippen LogP contribution in [0.3, 0.4) is 0 Å². The minimum absolute atomic E-state index is 0.396. The summed E-state index contributed by atoms with van der Waals surface area (Å²) in [5.74, 6) is 1.49. The van der Waals surface area contributed by atoms with Crippen molar-refractivity contribution in [3.8, 4) is 0 Å². The molecule has 0 spiro atoms. The summed E-state index contributed by atoms with van der Waals surface area (Å²) in [6.45, 7) is 6.24. The van der Waals surface area contributed by atoms with Crippen molar-refractivity contribution in [2.45, 2.75) is 19.4 Å². The standard InChI is InChI=1S/C9H14N2O2/c1-7-5-11-8(13-7)9(2)6-10-3-4-12-9/h5,10H,3-4,6H2,1-2H3. The minimum atomic E-state index is -0.396. The van der Waals surface area contributed by atoms with Crippen LogP contribution in [0.25, 0.3) is 0 Å². The van der Waals surface area contributed by atoms with Crippen LogP contribution in [-0.4, -0.2) is 24.7 Å². The lowest BCUT2D eigenvalue weighted by atomic mass is 10.1. The number of ether oxygens (including phenoxy) is 1. The Kier molecular flexibility index (Phi) is 2.09. The number of nitrogens with one attached hydrogen (secondary N) is 1. The zero-order valence-corrected chi connectivity index (χ0v) is 7.96. The van der Waals surface area contributed by atoms with E-state index in [-0.39, 0.29) is 0 Å². The Morgan fingerprint density at radius 1 is 1.62 bits per heavy atom. The lowest BCUT2D eigenvalue weighted by Crippen LogP contribution is -2.45. The second-order valence-corrected chi connectivity index (χ2v) is 3.53. The molecule has 4 heteroatoms. The lowest BCUT2D eigenvalue weighted by Gasteiger charge is -2.31. The molecule has 0 aliphatic carbocycles. The summed E-state index contributed by atoms with van der Waals surface area (Å²) < 4.78 is 11.1. The number of hydrogen-bond donors (Lipinski definition) is 1. The third-order valence-corrected chi connectivity index (χ3v) is 2.24. The molecule has 1 fully saturated rings. The first-order valence-corrected chi connectivity index (χ1v) is 4.48. The van der Waals surface area contributed by atoms with Crippen LogP contribution in [0.5, 0.6) is 0 Å². The van der Waals surface area contributed by atoms with E-state index in [0.717, 1.165) is 18.8 Å². The summed E-state index contributed by atoms with van der Waals surface area (Å²) in [4.78, 5) is 4.18. The van der Waals surface area contributed by atoms with Crippen molar-refractivity contribution in [1.82, 2.24) is 10.3 Å². The fourth-order valence-electron chi connectivity index (χ4n) is 1.46. The van der Waals surface area contributed by atoms with Gasteiger partial charge >= 0.3 is 0 Å². The molecule has 1 N–H and O–H groups in total. The highest BCUT2D eigenvalue weighted by atomic mass is 16.5. The molecule has 2 heterocycles. The van der Waals surface area contributed by atoms with Crippen LogP contribution < -0.4 is 5.32 Å². The first kappa shape index (κ1) is 8.72. The average molecular weight is 182 g/mol. The predicted molar refractivity (Wildman–Crippen MR) is 47.4 cm³/mol. The summed E-state index contributed by atoms with van der Waals surface area (Å²) in [5.41, 5.74) is -0.396. The van der Waals surface area contributed by atoms with Crippen molar-refractivity contribution in [2.75, 3.05) is 19.7 Å². The van der Waals surface area contributed by atoms with Gasteiger partial charge in [0.05, 0.1) is 12.8 Å². The monoisotopic (exact) mass is 182 g/mol. The van der Waals surface area contributed by atoms with Crippen LogP contribution in [0.4, 0.5) is 0 Å². The number of oxazole rings is 1. The third kappa shape index (κ3) is 1.59. The molecule has 1 aliphatic heterocycles. The van der Waals surface area contributed by atoms with Crippen molar-refractivity contribution >= 4 is 0 Å². The SMILES string of the molecule is Cc1cnc(C2(C)CNCCO2)o1. The zero-order valence-electron chi connectivity index (χ0n) is 7.96. The molecule has 1 saturated heterocycles. The van der Waals surface area contributed by atoms with E-state index in [1.165, 1.54) is 0 Å². The maximum absolute atomic E-state index is 5.65. The molecule has 72 valence electrons. The Morgan fingerprint density at radius 3 is 3.00 bits per heavy atom. The molecule has 1 aromatic heterocycles. The van der Waals surface area contributed by atoms with E-state index in [0.29, 0.717) is 12.5 Å². The second kappa shape index (κ2) is 3.12. The Morgan fingerprint density at radius 2 is 2.46 bits per heavy atom. The van der Waals surface area contributed by atoms with E-state index in [2.05, 4.69) is 10.3 Å². The summed E-state index contributed by atoms with van der Waals surface area (Å²) in [5, 5.41) is 3.26. The molecule has 0 bridgehead atoms. The Labute approximate surface area is 77.3 Å². The normalized spacial score (nSPS) is 29.1. The van der Waals surface area contributed by atoms with Crippen LogP contribution in [0.2, 0.25) is 0 Å². The zero-order chi connectivity index (χ0) is 9.31. The molecular formula is C9H14N2O2. The van der Waals surface area contributed by atoms with Crippen molar-refractivity contribution in [1.29, 1.82) is 0 Å². The minimum Gasteiger partial charge on any atom is -0.443 e. The maximum atomic E-state index is 5.65. The van der Waals surface area contributed by atoms with Gasteiger partial charge in [-0.05, 0) is 13.8 Å². The van der Waals surface area contributed by atoms with E-state index >= 15 is 0 Å². The van der Waals surface area contributed by atoms with Crippen LogP contribution in [-0.2, 0) is 10.3 Å². The molecule has 1 unspecified atom stereocenters. The van der Waals surface area contributed by atoms with Crippen molar-refractivity contribution in [3.05, 3.63) is 17.8 Å². The first-order valence-electron chi connectivity index (χ1n) is 4.48. The molecule has 1 atom stereocenters. The van der Waals surface area contributed by atoms with Crippen molar-refractivity contribution < 1.29 is 9.15 Å². The molecule has 0 saturated carbocycles. The fourth-order valence-corrected chi connectivity index (χ4v) is 1.46. The van der Waals surface area contributed by atoms with Gasteiger partial charge in [-0.1, -0.05) is 0 Å². The van der Waals surface area contributed by atoms with Gasteiger partial charge in [0.2, 0.25) is 5.89 Å². The average Bonchev–Trinajstić information content (AvgIpc) is 2.54. The van der Waals surface area contributed by atoms with Gasteiger partial charge in [-0.3, -0.25) is 0 Å². The number of hydrogen-bond acceptors (Lipinski definition) is 4. The van der Waals surface area contributed by atoms with Gasteiger partial charge in [-0.15, -0.1) is 0 Å². The van der Waals surface area contributed by atoms with Gasteiger partial charge in [0.15, 0.2) is 5.60 Å².